The minimum absolute atomic E-state index is 0.390. The van der Waals surface area contributed by atoms with E-state index in [1.165, 1.54) is 12.8 Å². The van der Waals surface area contributed by atoms with Crippen LogP contribution in [0.15, 0.2) is 32.1 Å². The predicted molar refractivity (Wildman–Crippen MR) is 93.2 cm³/mol. The van der Waals surface area contributed by atoms with Crippen molar-refractivity contribution in [2.24, 2.45) is 10.4 Å². The van der Waals surface area contributed by atoms with Crippen molar-refractivity contribution in [1.29, 1.82) is 0 Å². The van der Waals surface area contributed by atoms with Crippen LogP contribution < -0.4 is 5.32 Å². The smallest absolute Gasteiger partial charge is 0.161 e. The van der Waals surface area contributed by atoms with E-state index in [2.05, 4.69) is 51.0 Å². The van der Waals surface area contributed by atoms with Gasteiger partial charge in [0.2, 0.25) is 0 Å². The second-order valence-electron chi connectivity index (χ2n) is 4.84. The molecule has 0 unspecified atom stereocenters. The van der Waals surface area contributed by atoms with Gasteiger partial charge < -0.3 is 5.32 Å². The number of benzene rings is 1. The second kappa shape index (κ2) is 6.64. The highest BCUT2D eigenvalue weighted by Crippen LogP contribution is 2.37. The molecule has 0 aromatic heterocycles. The number of nitrogens with one attached hydrogen (secondary N) is 1. The van der Waals surface area contributed by atoms with Crippen LogP contribution in [-0.2, 0) is 0 Å². The monoisotopic (exact) mass is 404 g/mol. The SMILES string of the molecule is CCC1(CC)CN=C(Nc2c(Br)cccc2Br)SC1. The molecule has 0 radical (unpaired) electrons. The van der Waals surface area contributed by atoms with Crippen LogP contribution >= 0.6 is 43.6 Å². The van der Waals surface area contributed by atoms with E-state index in [1.54, 1.807) is 0 Å². The molecule has 0 bridgehead atoms. The lowest BCUT2D eigenvalue weighted by molar-refractivity contribution is 0.318. The average Bonchev–Trinajstić information content (AvgIpc) is 2.44. The standard InChI is InChI=1S/C14H18Br2N2S/c1-3-14(4-2)8-17-13(19-9-14)18-12-10(15)6-5-7-11(12)16/h5-7H,3-4,8-9H2,1-2H3,(H,17,18). The first kappa shape index (κ1) is 15.4. The molecule has 0 amide bonds. The van der Waals surface area contributed by atoms with Gasteiger partial charge in [-0.15, -0.1) is 0 Å². The maximum atomic E-state index is 4.73. The molecule has 1 aliphatic rings. The third-order valence-corrected chi connectivity index (χ3v) is 6.35. The van der Waals surface area contributed by atoms with Gasteiger partial charge in [0.15, 0.2) is 5.17 Å². The predicted octanol–water partition coefficient (Wildman–Crippen LogP) is 5.53. The number of thioether (sulfide) groups is 1. The van der Waals surface area contributed by atoms with Crippen molar-refractivity contribution in [2.75, 3.05) is 17.6 Å². The summed E-state index contributed by atoms with van der Waals surface area (Å²) in [6.07, 6.45) is 2.40. The number of nitrogens with zero attached hydrogens (tertiary/aromatic N) is 1. The molecular formula is C14H18Br2N2S. The molecule has 0 spiro atoms. The van der Waals surface area contributed by atoms with Crippen molar-refractivity contribution in [3.05, 3.63) is 27.1 Å². The van der Waals surface area contributed by atoms with Crippen molar-refractivity contribution in [2.45, 2.75) is 26.7 Å². The van der Waals surface area contributed by atoms with Crippen LogP contribution in [-0.4, -0.2) is 17.5 Å². The summed E-state index contributed by atoms with van der Waals surface area (Å²) in [5.74, 6) is 1.15. The van der Waals surface area contributed by atoms with Crippen molar-refractivity contribution in [1.82, 2.24) is 0 Å². The third-order valence-electron chi connectivity index (χ3n) is 3.77. The van der Waals surface area contributed by atoms with E-state index in [0.717, 1.165) is 32.1 Å². The highest BCUT2D eigenvalue weighted by atomic mass is 79.9. The number of hydrogen-bond donors (Lipinski definition) is 1. The summed E-state index contributed by atoms with van der Waals surface area (Å²) < 4.78 is 2.10. The molecule has 1 N–H and O–H groups in total. The molecule has 1 heterocycles. The summed E-state index contributed by atoms with van der Waals surface area (Å²) in [5, 5.41) is 4.44. The second-order valence-corrected chi connectivity index (χ2v) is 7.51. The molecule has 104 valence electrons. The Morgan fingerprint density at radius 2 is 1.89 bits per heavy atom. The quantitative estimate of drug-likeness (QED) is 0.714. The molecule has 1 aromatic rings. The number of hydrogen-bond acceptors (Lipinski definition) is 3. The van der Waals surface area contributed by atoms with Gasteiger partial charge in [-0.2, -0.15) is 0 Å². The van der Waals surface area contributed by atoms with Gasteiger partial charge in [-0.05, 0) is 62.2 Å². The fourth-order valence-electron chi connectivity index (χ4n) is 2.03. The summed E-state index contributed by atoms with van der Waals surface area (Å²) in [6.45, 7) is 5.46. The Morgan fingerprint density at radius 1 is 1.26 bits per heavy atom. The van der Waals surface area contributed by atoms with E-state index in [9.17, 15) is 0 Å². The van der Waals surface area contributed by atoms with Gasteiger partial charge in [0, 0.05) is 21.2 Å². The van der Waals surface area contributed by atoms with Crippen LogP contribution in [0.5, 0.6) is 0 Å². The minimum atomic E-state index is 0.390. The molecule has 1 aromatic carbocycles. The molecule has 0 saturated carbocycles. The maximum Gasteiger partial charge on any atom is 0.161 e. The van der Waals surface area contributed by atoms with Crippen molar-refractivity contribution in [3.8, 4) is 0 Å². The molecule has 5 heteroatoms. The minimum Gasteiger partial charge on any atom is -0.333 e. The normalized spacial score (nSPS) is 18.0. The first-order chi connectivity index (χ1) is 9.10. The molecule has 2 nitrogen and oxygen atoms in total. The van der Waals surface area contributed by atoms with Crippen molar-refractivity contribution < 1.29 is 0 Å². The Bertz CT molecular complexity index is 464. The summed E-state index contributed by atoms with van der Waals surface area (Å²) in [5.41, 5.74) is 1.44. The van der Waals surface area contributed by atoms with E-state index in [1.807, 2.05) is 30.0 Å². The molecule has 0 atom stereocenters. The molecule has 0 fully saturated rings. The Labute approximate surface area is 136 Å². The van der Waals surface area contributed by atoms with Gasteiger partial charge in [0.05, 0.1) is 5.69 Å². The van der Waals surface area contributed by atoms with Crippen LogP contribution in [0.2, 0.25) is 0 Å². The van der Waals surface area contributed by atoms with E-state index < -0.39 is 0 Å². The zero-order valence-corrected chi connectivity index (χ0v) is 15.2. The van der Waals surface area contributed by atoms with Crippen LogP contribution in [0.4, 0.5) is 5.69 Å². The third kappa shape index (κ3) is 3.56. The lowest BCUT2D eigenvalue weighted by atomic mass is 9.84. The van der Waals surface area contributed by atoms with Crippen LogP contribution in [0.3, 0.4) is 0 Å². The number of aliphatic imine (C=N–C) groups is 1. The van der Waals surface area contributed by atoms with Crippen molar-refractivity contribution >= 4 is 54.5 Å². The zero-order chi connectivity index (χ0) is 13.9. The summed E-state index contributed by atoms with van der Waals surface area (Å²) >= 11 is 8.96. The van der Waals surface area contributed by atoms with E-state index in [-0.39, 0.29) is 0 Å². The van der Waals surface area contributed by atoms with Crippen LogP contribution in [0.1, 0.15) is 26.7 Å². The van der Waals surface area contributed by atoms with E-state index >= 15 is 0 Å². The number of halogens is 2. The fraction of sp³-hybridized carbons (Fsp3) is 0.500. The summed E-state index contributed by atoms with van der Waals surface area (Å²) in [7, 11) is 0. The Balaban J connectivity index is 2.12. The number of rotatable bonds is 3. The maximum absolute atomic E-state index is 4.73. The molecule has 0 saturated heterocycles. The van der Waals surface area contributed by atoms with Gasteiger partial charge in [-0.1, -0.05) is 31.7 Å². The number of anilines is 1. The first-order valence-electron chi connectivity index (χ1n) is 6.48. The Hall–Kier alpha value is -0.000000000000000111. The number of para-hydroxylation sites is 1. The number of amidine groups is 1. The summed E-state index contributed by atoms with van der Waals surface area (Å²) in [4.78, 5) is 4.73. The average molecular weight is 406 g/mol. The highest BCUT2D eigenvalue weighted by molar-refractivity contribution is 9.11. The molecule has 19 heavy (non-hydrogen) atoms. The topological polar surface area (TPSA) is 24.4 Å². The van der Waals surface area contributed by atoms with Gasteiger partial charge in [-0.25, -0.2) is 0 Å². The van der Waals surface area contributed by atoms with Crippen LogP contribution in [0.25, 0.3) is 0 Å². The lowest BCUT2D eigenvalue weighted by Crippen LogP contribution is -2.32. The lowest BCUT2D eigenvalue weighted by Gasteiger charge is -2.33. The fourth-order valence-corrected chi connectivity index (χ4v) is 4.50. The molecule has 2 rings (SSSR count). The van der Waals surface area contributed by atoms with E-state index in [4.69, 9.17) is 4.99 Å². The molecule has 0 aliphatic carbocycles. The molecular weight excluding hydrogens is 388 g/mol. The van der Waals surface area contributed by atoms with Gasteiger partial charge in [0.25, 0.3) is 0 Å². The Morgan fingerprint density at radius 3 is 2.37 bits per heavy atom. The molecule has 1 aliphatic heterocycles. The zero-order valence-electron chi connectivity index (χ0n) is 11.2. The van der Waals surface area contributed by atoms with Gasteiger partial charge in [0.1, 0.15) is 0 Å². The van der Waals surface area contributed by atoms with Crippen LogP contribution in [0, 0.1) is 5.41 Å². The van der Waals surface area contributed by atoms with Gasteiger partial charge in [-0.3, -0.25) is 4.99 Å². The van der Waals surface area contributed by atoms with E-state index in [0.29, 0.717) is 5.41 Å². The largest absolute Gasteiger partial charge is 0.333 e. The van der Waals surface area contributed by atoms with Gasteiger partial charge >= 0.3 is 0 Å². The first-order valence-corrected chi connectivity index (χ1v) is 9.05. The van der Waals surface area contributed by atoms with Crippen molar-refractivity contribution in [3.63, 3.8) is 0 Å². The highest BCUT2D eigenvalue weighted by Gasteiger charge is 2.30. The Kier molecular flexibility index (Phi) is 5.37. The summed E-state index contributed by atoms with van der Waals surface area (Å²) in [6, 6.07) is 6.07.